The summed E-state index contributed by atoms with van der Waals surface area (Å²) in [5.41, 5.74) is 0. The van der Waals surface area contributed by atoms with Gasteiger partial charge in [0.15, 0.2) is 0 Å². The summed E-state index contributed by atoms with van der Waals surface area (Å²) in [4.78, 5) is 11.0. The molecule has 1 aliphatic heterocycles. The fraction of sp³-hybridized carbons (Fsp3) is 0.583. The maximum absolute atomic E-state index is 12.7. The van der Waals surface area contributed by atoms with Crippen LogP contribution in [0.3, 0.4) is 0 Å². The Kier molecular flexibility index (Phi) is 5.42. The first-order valence-corrected chi connectivity index (χ1v) is 9.55. The number of carboxylic acids is 1. The SMILES string of the molecule is CCN(CC1CCCO1)S(=O)(=O)c1cc(C(=O)O)sc1Br. The molecule has 1 aliphatic rings. The van der Waals surface area contributed by atoms with Crippen molar-refractivity contribution in [3.63, 3.8) is 0 Å². The fourth-order valence-electron chi connectivity index (χ4n) is 2.19. The number of rotatable bonds is 6. The highest BCUT2D eigenvalue weighted by Gasteiger charge is 2.31. The van der Waals surface area contributed by atoms with E-state index in [1.54, 1.807) is 6.92 Å². The van der Waals surface area contributed by atoms with E-state index >= 15 is 0 Å². The minimum Gasteiger partial charge on any atom is -0.477 e. The molecular weight excluding hydrogens is 382 g/mol. The number of aromatic carboxylic acids is 1. The number of hydrogen-bond donors (Lipinski definition) is 1. The van der Waals surface area contributed by atoms with E-state index in [4.69, 9.17) is 9.84 Å². The lowest BCUT2D eigenvalue weighted by Crippen LogP contribution is -2.37. The van der Waals surface area contributed by atoms with Crippen molar-refractivity contribution in [3.05, 3.63) is 14.7 Å². The van der Waals surface area contributed by atoms with Crippen LogP contribution in [0, 0.1) is 0 Å². The molecule has 1 fully saturated rings. The molecule has 0 aromatic carbocycles. The Morgan fingerprint density at radius 2 is 2.33 bits per heavy atom. The summed E-state index contributed by atoms with van der Waals surface area (Å²) in [5.74, 6) is -1.13. The van der Waals surface area contributed by atoms with Crippen LogP contribution in [0.2, 0.25) is 0 Å². The summed E-state index contributed by atoms with van der Waals surface area (Å²) >= 11 is 4.05. The summed E-state index contributed by atoms with van der Waals surface area (Å²) in [7, 11) is -3.73. The van der Waals surface area contributed by atoms with Crippen molar-refractivity contribution in [1.82, 2.24) is 4.31 Å². The highest BCUT2D eigenvalue weighted by atomic mass is 79.9. The van der Waals surface area contributed by atoms with Gasteiger partial charge in [-0.1, -0.05) is 6.92 Å². The molecule has 9 heteroatoms. The Bertz CT molecular complexity index is 622. The number of thiophene rings is 1. The summed E-state index contributed by atoms with van der Waals surface area (Å²) in [5, 5.41) is 8.98. The number of hydrogen-bond acceptors (Lipinski definition) is 5. The highest BCUT2D eigenvalue weighted by Crippen LogP contribution is 2.34. The van der Waals surface area contributed by atoms with Gasteiger partial charge in [0.25, 0.3) is 0 Å². The molecule has 0 radical (unpaired) electrons. The van der Waals surface area contributed by atoms with E-state index in [0.717, 1.165) is 24.2 Å². The summed E-state index contributed by atoms with van der Waals surface area (Å²) in [6.07, 6.45) is 1.70. The third-order valence-corrected chi connectivity index (χ3v) is 7.45. The third-order valence-electron chi connectivity index (χ3n) is 3.27. The van der Waals surface area contributed by atoms with Gasteiger partial charge in [-0.25, -0.2) is 13.2 Å². The van der Waals surface area contributed by atoms with Gasteiger partial charge in [-0.3, -0.25) is 0 Å². The lowest BCUT2D eigenvalue weighted by molar-refractivity contribution is 0.0702. The summed E-state index contributed by atoms with van der Waals surface area (Å²) in [6, 6.07) is 1.20. The van der Waals surface area contributed by atoms with Gasteiger partial charge in [-0.2, -0.15) is 4.31 Å². The molecule has 0 spiro atoms. The van der Waals surface area contributed by atoms with Crippen LogP contribution in [0.25, 0.3) is 0 Å². The second-order valence-electron chi connectivity index (χ2n) is 4.64. The van der Waals surface area contributed by atoms with Crippen LogP contribution in [0.4, 0.5) is 0 Å². The molecule has 1 N–H and O–H groups in total. The Labute approximate surface area is 135 Å². The number of carboxylic acid groups (broad SMARTS) is 1. The van der Waals surface area contributed by atoms with Gasteiger partial charge in [0, 0.05) is 19.7 Å². The molecule has 1 aromatic heterocycles. The number of sulfonamides is 1. The number of ether oxygens (including phenoxy) is 1. The molecule has 1 atom stereocenters. The van der Waals surface area contributed by atoms with E-state index < -0.39 is 16.0 Å². The Hall–Kier alpha value is -0.480. The highest BCUT2D eigenvalue weighted by molar-refractivity contribution is 9.11. The molecule has 21 heavy (non-hydrogen) atoms. The topological polar surface area (TPSA) is 83.9 Å². The second kappa shape index (κ2) is 6.74. The number of nitrogens with zero attached hydrogens (tertiary/aromatic N) is 1. The van der Waals surface area contributed by atoms with E-state index in [0.29, 0.717) is 23.5 Å². The lowest BCUT2D eigenvalue weighted by atomic mass is 10.2. The van der Waals surface area contributed by atoms with Crippen LogP contribution in [-0.2, 0) is 14.8 Å². The molecule has 2 rings (SSSR count). The predicted octanol–water partition coefficient (Wildman–Crippen LogP) is 2.40. The minimum atomic E-state index is -3.73. The van der Waals surface area contributed by atoms with Gasteiger partial charge in [0.1, 0.15) is 9.77 Å². The molecule has 1 saturated heterocycles. The Balaban J connectivity index is 2.27. The van der Waals surface area contributed by atoms with Crippen molar-refractivity contribution < 1.29 is 23.1 Å². The van der Waals surface area contributed by atoms with Crippen LogP contribution >= 0.6 is 27.3 Å². The monoisotopic (exact) mass is 397 g/mol. The van der Waals surface area contributed by atoms with Crippen LogP contribution in [0.15, 0.2) is 14.7 Å². The Morgan fingerprint density at radius 1 is 1.62 bits per heavy atom. The quantitative estimate of drug-likeness (QED) is 0.796. The summed E-state index contributed by atoms with van der Waals surface area (Å²) < 4.78 is 32.5. The molecule has 2 heterocycles. The molecule has 0 aliphatic carbocycles. The molecule has 6 nitrogen and oxygen atoms in total. The molecule has 1 unspecified atom stereocenters. The van der Waals surface area contributed by atoms with Crippen LogP contribution < -0.4 is 0 Å². The van der Waals surface area contributed by atoms with Gasteiger partial charge >= 0.3 is 5.97 Å². The normalized spacial score (nSPS) is 19.3. The lowest BCUT2D eigenvalue weighted by Gasteiger charge is -2.23. The number of halogens is 1. The first-order chi connectivity index (χ1) is 9.86. The molecule has 0 saturated carbocycles. The van der Waals surface area contributed by atoms with Crippen molar-refractivity contribution in [2.24, 2.45) is 0 Å². The Morgan fingerprint density at radius 3 is 2.81 bits per heavy atom. The first-order valence-electron chi connectivity index (χ1n) is 6.50. The molecule has 0 bridgehead atoms. The van der Waals surface area contributed by atoms with Gasteiger partial charge in [0.05, 0.1) is 9.89 Å². The van der Waals surface area contributed by atoms with Crippen molar-refractivity contribution in [3.8, 4) is 0 Å². The largest absolute Gasteiger partial charge is 0.477 e. The zero-order valence-electron chi connectivity index (χ0n) is 11.4. The van der Waals surface area contributed by atoms with Crippen molar-refractivity contribution in [2.45, 2.75) is 30.8 Å². The fourth-order valence-corrected chi connectivity index (χ4v) is 6.02. The molecule has 0 amide bonds. The predicted molar refractivity (Wildman–Crippen MR) is 82.4 cm³/mol. The van der Waals surface area contributed by atoms with Crippen molar-refractivity contribution in [1.29, 1.82) is 0 Å². The van der Waals surface area contributed by atoms with Crippen molar-refractivity contribution in [2.75, 3.05) is 19.7 Å². The van der Waals surface area contributed by atoms with E-state index in [1.807, 2.05) is 0 Å². The first kappa shape index (κ1) is 16.9. The molecule has 118 valence electrons. The van der Waals surface area contributed by atoms with Crippen LogP contribution in [0.5, 0.6) is 0 Å². The summed E-state index contributed by atoms with van der Waals surface area (Å²) in [6.45, 7) is 3.02. The number of likely N-dealkylation sites (N-methyl/N-ethyl adjacent to an activating group) is 1. The second-order valence-corrected chi connectivity index (χ2v) is 8.92. The van der Waals surface area contributed by atoms with Gasteiger partial charge in [-0.05, 0) is 34.8 Å². The minimum absolute atomic E-state index is 0.00440. The standard InChI is InChI=1S/C12H16BrNO5S2/c1-2-14(7-8-4-3-5-19-8)21(17,18)10-6-9(12(15)16)20-11(10)13/h6,8H,2-5,7H2,1H3,(H,15,16). The van der Waals surface area contributed by atoms with Gasteiger partial charge in [0.2, 0.25) is 10.0 Å². The maximum atomic E-state index is 12.7. The van der Waals surface area contributed by atoms with Crippen LogP contribution in [0.1, 0.15) is 29.4 Å². The van der Waals surface area contributed by atoms with E-state index in [2.05, 4.69) is 15.9 Å². The van der Waals surface area contributed by atoms with E-state index in [-0.39, 0.29) is 15.9 Å². The number of carbonyl (C=O) groups is 1. The smallest absolute Gasteiger partial charge is 0.345 e. The van der Waals surface area contributed by atoms with E-state index in [9.17, 15) is 13.2 Å². The maximum Gasteiger partial charge on any atom is 0.345 e. The van der Waals surface area contributed by atoms with E-state index in [1.165, 1.54) is 10.4 Å². The zero-order valence-corrected chi connectivity index (χ0v) is 14.6. The van der Waals surface area contributed by atoms with Gasteiger partial charge in [-0.15, -0.1) is 11.3 Å². The average Bonchev–Trinajstić information content (AvgIpc) is 3.04. The molecule has 1 aromatic rings. The van der Waals surface area contributed by atoms with Crippen molar-refractivity contribution >= 4 is 43.3 Å². The van der Waals surface area contributed by atoms with Crippen LogP contribution in [-0.4, -0.2) is 49.6 Å². The average molecular weight is 398 g/mol. The van der Waals surface area contributed by atoms with Gasteiger partial charge < -0.3 is 9.84 Å². The third kappa shape index (κ3) is 3.65. The molecular formula is C12H16BrNO5S2. The zero-order chi connectivity index (χ0) is 15.6.